The molecule has 0 bridgehead atoms. The summed E-state index contributed by atoms with van der Waals surface area (Å²) >= 11 is 0. The van der Waals surface area contributed by atoms with E-state index in [-0.39, 0.29) is 5.91 Å². The normalized spacial score (nSPS) is 23.5. The van der Waals surface area contributed by atoms with Gasteiger partial charge in [-0.1, -0.05) is 42.5 Å². The van der Waals surface area contributed by atoms with Crippen molar-refractivity contribution in [3.05, 3.63) is 65.7 Å². The number of hydrogen-bond acceptors (Lipinski definition) is 3. The van der Waals surface area contributed by atoms with Gasteiger partial charge < -0.3 is 10.5 Å². The molecule has 2 atom stereocenters. The predicted octanol–water partition coefficient (Wildman–Crippen LogP) is 2.73. The molecule has 4 heteroatoms. The minimum atomic E-state index is -0.418. The van der Waals surface area contributed by atoms with Crippen LogP contribution in [0.3, 0.4) is 0 Å². The highest BCUT2D eigenvalue weighted by atomic mass is 16.5. The third-order valence-electron chi connectivity index (χ3n) is 5.03. The lowest BCUT2D eigenvalue weighted by atomic mass is 10.1. The van der Waals surface area contributed by atoms with Crippen LogP contribution in [0.5, 0.6) is 5.75 Å². The molecular formula is C20H22N2O2. The number of nitrogens with two attached hydrogens (primary N) is 1. The van der Waals surface area contributed by atoms with Crippen LogP contribution < -0.4 is 15.8 Å². The number of primary amides is 1. The fraction of sp³-hybridized carbons (Fsp3) is 0.350. The molecule has 0 spiro atoms. The van der Waals surface area contributed by atoms with Crippen molar-refractivity contribution in [3.63, 3.8) is 0 Å². The first-order valence-electron chi connectivity index (χ1n) is 8.51. The van der Waals surface area contributed by atoms with Crippen molar-refractivity contribution >= 4 is 5.91 Å². The molecule has 1 amide bonds. The van der Waals surface area contributed by atoms with Crippen LogP contribution in [0.2, 0.25) is 0 Å². The highest BCUT2D eigenvalue weighted by Crippen LogP contribution is 2.46. The largest absolute Gasteiger partial charge is 0.489 e. The van der Waals surface area contributed by atoms with Crippen molar-refractivity contribution in [1.82, 2.24) is 5.32 Å². The molecule has 0 radical (unpaired) electrons. The van der Waals surface area contributed by atoms with Gasteiger partial charge in [0, 0.05) is 12.0 Å². The Morgan fingerprint density at radius 2 is 1.83 bits per heavy atom. The first kappa shape index (κ1) is 15.2. The highest BCUT2D eigenvalue weighted by Gasteiger charge is 2.53. The Labute approximate surface area is 142 Å². The summed E-state index contributed by atoms with van der Waals surface area (Å²) in [5.41, 5.74) is 7.51. The maximum atomic E-state index is 11.5. The average Bonchev–Trinajstić information content (AvgIpc) is 3.52. The van der Waals surface area contributed by atoms with Crippen molar-refractivity contribution < 1.29 is 9.53 Å². The molecule has 4 rings (SSSR count). The quantitative estimate of drug-likeness (QED) is 0.824. The van der Waals surface area contributed by atoms with E-state index in [0.717, 1.165) is 30.6 Å². The number of amides is 1. The van der Waals surface area contributed by atoms with Crippen LogP contribution >= 0.6 is 0 Å². The Bertz CT molecular complexity index is 723. The molecule has 0 aromatic heterocycles. The summed E-state index contributed by atoms with van der Waals surface area (Å²) in [6.07, 6.45) is 2.81. The van der Waals surface area contributed by atoms with Gasteiger partial charge in [0.1, 0.15) is 12.4 Å². The number of ether oxygens (including phenoxy) is 1. The molecule has 4 nitrogen and oxygen atoms in total. The summed E-state index contributed by atoms with van der Waals surface area (Å²) in [6, 6.07) is 18.8. The third kappa shape index (κ3) is 3.15. The minimum Gasteiger partial charge on any atom is -0.489 e. The smallest absolute Gasteiger partial charge is 0.237 e. The van der Waals surface area contributed by atoms with Crippen LogP contribution in [0.4, 0.5) is 0 Å². The highest BCUT2D eigenvalue weighted by molar-refractivity contribution is 5.87. The molecule has 124 valence electrons. The fourth-order valence-corrected chi connectivity index (χ4v) is 3.22. The van der Waals surface area contributed by atoms with Crippen LogP contribution in [0.25, 0.3) is 0 Å². The summed E-state index contributed by atoms with van der Waals surface area (Å²) in [5.74, 6) is 1.14. The van der Waals surface area contributed by atoms with Crippen molar-refractivity contribution in [2.45, 2.75) is 43.4 Å². The average molecular weight is 322 g/mol. The maximum absolute atomic E-state index is 11.5. The van der Waals surface area contributed by atoms with Crippen molar-refractivity contribution in [3.8, 4) is 5.75 Å². The lowest BCUT2D eigenvalue weighted by Gasteiger charge is -2.13. The Morgan fingerprint density at radius 1 is 1.12 bits per heavy atom. The monoisotopic (exact) mass is 322 g/mol. The van der Waals surface area contributed by atoms with E-state index in [0.29, 0.717) is 18.6 Å². The zero-order chi connectivity index (χ0) is 16.6. The van der Waals surface area contributed by atoms with Crippen LogP contribution in [0, 0.1) is 0 Å². The van der Waals surface area contributed by atoms with Gasteiger partial charge in [-0.2, -0.15) is 0 Å². The van der Waals surface area contributed by atoms with Gasteiger partial charge in [0.25, 0.3) is 0 Å². The van der Waals surface area contributed by atoms with Gasteiger partial charge in [0.2, 0.25) is 5.91 Å². The zero-order valence-corrected chi connectivity index (χ0v) is 13.6. The topological polar surface area (TPSA) is 64.4 Å². The Hall–Kier alpha value is -2.33. The van der Waals surface area contributed by atoms with Crippen LogP contribution in [-0.2, 0) is 11.4 Å². The van der Waals surface area contributed by atoms with Gasteiger partial charge in [-0.25, -0.2) is 0 Å². The summed E-state index contributed by atoms with van der Waals surface area (Å²) in [6.45, 7) is 0.578. The Balaban J connectivity index is 1.31. The summed E-state index contributed by atoms with van der Waals surface area (Å²) in [7, 11) is 0. The molecule has 3 N–H and O–H groups in total. The van der Waals surface area contributed by atoms with E-state index in [4.69, 9.17) is 10.5 Å². The molecule has 24 heavy (non-hydrogen) atoms. The summed E-state index contributed by atoms with van der Waals surface area (Å²) < 4.78 is 5.82. The lowest BCUT2D eigenvalue weighted by molar-refractivity contribution is -0.121. The molecule has 1 unspecified atom stereocenters. The molecule has 2 aliphatic rings. The lowest BCUT2D eigenvalue weighted by Crippen LogP contribution is -2.45. The molecule has 0 aliphatic heterocycles. The van der Waals surface area contributed by atoms with E-state index in [1.807, 2.05) is 30.3 Å². The standard InChI is InChI=1S/C20H22N2O2/c21-19(23)20(10-11-20)22-18-12-17(18)15-6-8-16(9-7-15)24-13-14-4-2-1-3-5-14/h1-9,17-18,22H,10-13H2,(H2,21,23)/t17?,18-/m0/s1. The van der Waals surface area contributed by atoms with Crippen LogP contribution in [-0.4, -0.2) is 17.5 Å². The van der Waals surface area contributed by atoms with Gasteiger partial charge in [-0.15, -0.1) is 0 Å². The maximum Gasteiger partial charge on any atom is 0.237 e. The molecule has 2 fully saturated rings. The number of carbonyl (C=O) groups is 1. The molecule has 2 saturated carbocycles. The number of carbonyl (C=O) groups excluding carboxylic acids is 1. The molecule has 0 heterocycles. The molecule has 0 saturated heterocycles. The summed E-state index contributed by atoms with van der Waals surface area (Å²) in [5, 5.41) is 3.44. The Morgan fingerprint density at radius 3 is 2.46 bits per heavy atom. The predicted molar refractivity (Wildman–Crippen MR) is 92.7 cm³/mol. The molecule has 2 aliphatic carbocycles. The fourth-order valence-electron chi connectivity index (χ4n) is 3.22. The second-order valence-electron chi connectivity index (χ2n) is 6.88. The van der Waals surface area contributed by atoms with E-state index >= 15 is 0 Å². The molecule has 2 aromatic carbocycles. The van der Waals surface area contributed by atoms with E-state index in [1.54, 1.807) is 0 Å². The number of hydrogen-bond donors (Lipinski definition) is 2. The van der Waals surface area contributed by atoms with Gasteiger partial charge in [-0.3, -0.25) is 10.1 Å². The zero-order valence-electron chi connectivity index (χ0n) is 13.6. The second-order valence-corrected chi connectivity index (χ2v) is 6.88. The van der Waals surface area contributed by atoms with E-state index < -0.39 is 5.54 Å². The number of rotatable bonds is 7. The van der Waals surface area contributed by atoms with Gasteiger partial charge in [-0.05, 0) is 42.5 Å². The van der Waals surface area contributed by atoms with Gasteiger partial charge >= 0.3 is 0 Å². The molecular weight excluding hydrogens is 300 g/mol. The molecule has 2 aromatic rings. The SMILES string of the molecule is NC(=O)C1(N[C@H]2CC2c2ccc(OCc3ccccc3)cc2)CC1. The van der Waals surface area contributed by atoms with Crippen molar-refractivity contribution in [2.75, 3.05) is 0 Å². The van der Waals surface area contributed by atoms with E-state index in [2.05, 4.69) is 29.6 Å². The van der Waals surface area contributed by atoms with Crippen molar-refractivity contribution in [2.24, 2.45) is 5.73 Å². The van der Waals surface area contributed by atoms with Crippen LogP contribution in [0.1, 0.15) is 36.3 Å². The third-order valence-corrected chi connectivity index (χ3v) is 5.03. The van der Waals surface area contributed by atoms with Crippen LogP contribution in [0.15, 0.2) is 54.6 Å². The first-order valence-corrected chi connectivity index (χ1v) is 8.51. The number of nitrogens with one attached hydrogen (secondary N) is 1. The number of benzene rings is 2. The van der Waals surface area contributed by atoms with E-state index in [9.17, 15) is 4.79 Å². The Kier molecular flexibility index (Phi) is 3.77. The van der Waals surface area contributed by atoms with Gasteiger partial charge in [0.05, 0.1) is 5.54 Å². The van der Waals surface area contributed by atoms with Crippen molar-refractivity contribution in [1.29, 1.82) is 0 Å². The van der Waals surface area contributed by atoms with E-state index in [1.165, 1.54) is 5.56 Å². The first-order chi connectivity index (χ1) is 11.7. The summed E-state index contributed by atoms with van der Waals surface area (Å²) in [4.78, 5) is 11.5. The van der Waals surface area contributed by atoms with Gasteiger partial charge in [0.15, 0.2) is 0 Å². The minimum absolute atomic E-state index is 0.210. The second kappa shape index (κ2) is 5.95.